The van der Waals surface area contributed by atoms with Crippen LogP contribution in [0.2, 0.25) is 5.15 Å². The molecule has 2 rings (SSSR count). The van der Waals surface area contributed by atoms with Gasteiger partial charge in [-0.3, -0.25) is 0 Å². The van der Waals surface area contributed by atoms with Crippen molar-refractivity contribution >= 4 is 22.5 Å². The van der Waals surface area contributed by atoms with Gasteiger partial charge >= 0.3 is 0 Å². The lowest BCUT2D eigenvalue weighted by molar-refractivity contribution is -0.0152. The van der Waals surface area contributed by atoms with E-state index in [1.165, 1.54) is 0 Å². The van der Waals surface area contributed by atoms with Crippen LogP contribution in [0.15, 0.2) is 24.3 Å². The first kappa shape index (κ1) is 14.0. The maximum atomic E-state index is 9.89. The van der Waals surface area contributed by atoms with Crippen LogP contribution in [0.1, 0.15) is 11.7 Å². The van der Waals surface area contributed by atoms with E-state index in [0.717, 1.165) is 5.39 Å². The highest BCUT2D eigenvalue weighted by molar-refractivity contribution is 6.30. The molecule has 0 fully saturated rings. The van der Waals surface area contributed by atoms with Crippen LogP contribution in [0.3, 0.4) is 0 Å². The van der Waals surface area contributed by atoms with Crippen LogP contribution in [0.4, 0.5) is 0 Å². The third kappa shape index (κ3) is 2.79. The molecule has 1 aromatic carbocycles. The molecule has 0 saturated carbocycles. The minimum Gasteiger partial charge on any atom is -0.497 e. The Morgan fingerprint density at radius 3 is 2.68 bits per heavy atom. The number of halogens is 1. The van der Waals surface area contributed by atoms with Crippen LogP contribution in [0.5, 0.6) is 5.75 Å². The van der Waals surface area contributed by atoms with Gasteiger partial charge in [0.15, 0.2) is 0 Å². The molecule has 3 N–H and O–H groups in total. The van der Waals surface area contributed by atoms with Crippen molar-refractivity contribution < 1.29 is 20.1 Å². The number of rotatable bonds is 4. The van der Waals surface area contributed by atoms with Crippen molar-refractivity contribution in [3.63, 3.8) is 0 Å². The Morgan fingerprint density at radius 2 is 2.05 bits per heavy atom. The summed E-state index contributed by atoms with van der Waals surface area (Å²) in [6.07, 6.45) is -2.59. The van der Waals surface area contributed by atoms with E-state index in [9.17, 15) is 10.2 Å². The van der Waals surface area contributed by atoms with Crippen molar-refractivity contribution in [3.8, 4) is 5.75 Å². The van der Waals surface area contributed by atoms with Gasteiger partial charge in [-0.2, -0.15) is 0 Å². The van der Waals surface area contributed by atoms with Crippen LogP contribution in [0, 0.1) is 0 Å². The van der Waals surface area contributed by atoms with E-state index < -0.39 is 18.8 Å². The summed E-state index contributed by atoms with van der Waals surface area (Å²) < 4.78 is 5.11. The molecule has 102 valence electrons. The average Bonchev–Trinajstić information content (AvgIpc) is 2.44. The number of aromatic nitrogens is 1. The van der Waals surface area contributed by atoms with Gasteiger partial charge in [0.05, 0.1) is 19.2 Å². The first-order chi connectivity index (χ1) is 9.06. The quantitative estimate of drug-likeness (QED) is 0.737. The second-order valence-electron chi connectivity index (χ2n) is 4.12. The van der Waals surface area contributed by atoms with E-state index in [1.54, 1.807) is 31.4 Å². The summed E-state index contributed by atoms with van der Waals surface area (Å²) in [5, 5.41) is 29.0. The van der Waals surface area contributed by atoms with E-state index in [2.05, 4.69) is 4.98 Å². The summed E-state index contributed by atoms with van der Waals surface area (Å²) in [7, 11) is 1.55. The van der Waals surface area contributed by atoms with E-state index in [-0.39, 0.29) is 10.7 Å². The molecule has 0 radical (unpaired) electrons. The van der Waals surface area contributed by atoms with Gasteiger partial charge in [0.2, 0.25) is 0 Å². The van der Waals surface area contributed by atoms with Gasteiger partial charge in [0, 0.05) is 10.9 Å². The number of hydrogen-bond acceptors (Lipinski definition) is 5. The Hall–Kier alpha value is -1.40. The number of fused-ring (bicyclic) bond motifs is 1. The molecule has 2 aromatic rings. The molecule has 0 aliphatic carbocycles. The van der Waals surface area contributed by atoms with Crippen LogP contribution in [-0.4, -0.2) is 40.1 Å². The first-order valence-electron chi connectivity index (χ1n) is 5.68. The van der Waals surface area contributed by atoms with Crippen molar-refractivity contribution in [2.45, 2.75) is 12.2 Å². The molecule has 2 atom stereocenters. The fraction of sp³-hybridized carbons (Fsp3) is 0.308. The molecule has 6 heteroatoms. The fourth-order valence-electron chi connectivity index (χ4n) is 1.79. The molecule has 0 aliphatic heterocycles. The SMILES string of the molecule is COc1ccc2nc(Cl)c(C(O)C(O)CO)cc2c1. The lowest BCUT2D eigenvalue weighted by Gasteiger charge is -2.17. The molecule has 1 aromatic heterocycles. The maximum absolute atomic E-state index is 9.89. The molecule has 0 bridgehead atoms. The number of benzene rings is 1. The van der Waals surface area contributed by atoms with E-state index in [1.807, 2.05) is 0 Å². The highest BCUT2D eigenvalue weighted by atomic mass is 35.5. The van der Waals surface area contributed by atoms with Gasteiger partial charge in [-0.1, -0.05) is 11.6 Å². The third-order valence-electron chi connectivity index (χ3n) is 2.87. The van der Waals surface area contributed by atoms with Crippen LogP contribution < -0.4 is 4.74 Å². The monoisotopic (exact) mass is 283 g/mol. The molecule has 0 aliphatic rings. The minimum atomic E-state index is -1.30. The minimum absolute atomic E-state index is 0.0951. The highest BCUT2D eigenvalue weighted by Crippen LogP contribution is 2.29. The topological polar surface area (TPSA) is 82.8 Å². The Morgan fingerprint density at radius 1 is 1.32 bits per heavy atom. The predicted molar refractivity (Wildman–Crippen MR) is 71.4 cm³/mol. The zero-order valence-corrected chi connectivity index (χ0v) is 11.0. The summed E-state index contributed by atoms with van der Waals surface area (Å²) in [5.74, 6) is 0.653. The van der Waals surface area contributed by atoms with Crippen molar-refractivity contribution in [1.29, 1.82) is 0 Å². The van der Waals surface area contributed by atoms with E-state index in [4.69, 9.17) is 21.4 Å². The van der Waals surface area contributed by atoms with Crippen LogP contribution in [-0.2, 0) is 0 Å². The Bertz CT molecular complexity index is 590. The van der Waals surface area contributed by atoms with Crippen molar-refractivity contribution in [3.05, 3.63) is 35.0 Å². The number of methoxy groups -OCH3 is 1. The third-order valence-corrected chi connectivity index (χ3v) is 3.18. The fourth-order valence-corrected chi connectivity index (χ4v) is 2.05. The molecular formula is C13H14ClNO4. The average molecular weight is 284 g/mol. The zero-order valence-electron chi connectivity index (χ0n) is 10.2. The molecule has 5 nitrogen and oxygen atoms in total. The molecule has 1 heterocycles. The normalized spacial score (nSPS) is 14.4. The molecule has 0 amide bonds. The number of hydrogen-bond donors (Lipinski definition) is 3. The zero-order chi connectivity index (χ0) is 14.0. The number of nitrogens with zero attached hydrogens (tertiary/aromatic N) is 1. The van der Waals surface area contributed by atoms with Gasteiger partial charge < -0.3 is 20.1 Å². The Kier molecular flexibility index (Phi) is 4.21. The second-order valence-corrected chi connectivity index (χ2v) is 4.48. The largest absolute Gasteiger partial charge is 0.497 e. The summed E-state index contributed by atoms with van der Waals surface area (Å²) in [4.78, 5) is 4.15. The molecular weight excluding hydrogens is 270 g/mol. The smallest absolute Gasteiger partial charge is 0.135 e. The number of aliphatic hydroxyl groups excluding tert-OH is 3. The van der Waals surface area contributed by atoms with Gasteiger partial charge in [-0.15, -0.1) is 0 Å². The van der Waals surface area contributed by atoms with Crippen molar-refractivity contribution in [1.82, 2.24) is 4.98 Å². The summed E-state index contributed by atoms with van der Waals surface area (Å²) in [6, 6.07) is 6.87. The maximum Gasteiger partial charge on any atom is 0.135 e. The molecule has 2 unspecified atom stereocenters. The highest BCUT2D eigenvalue weighted by Gasteiger charge is 2.21. The van der Waals surface area contributed by atoms with E-state index in [0.29, 0.717) is 11.3 Å². The summed E-state index contributed by atoms with van der Waals surface area (Å²) in [5.41, 5.74) is 0.921. The van der Waals surface area contributed by atoms with Gasteiger partial charge in [0.25, 0.3) is 0 Å². The molecule has 0 spiro atoms. The Balaban J connectivity index is 2.52. The lowest BCUT2D eigenvalue weighted by Crippen LogP contribution is -2.22. The predicted octanol–water partition coefficient (Wildman–Crippen LogP) is 1.28. The number of pyridine rings is 1. The van der Waals surface area contributed by atoms with Crippen molar-refractivity contribution in [2.24, 2.45) is 0 Å². The summed E-state index contributed by atoms with van der Waals surface area (Å²) >= 11 is 5.98. The van der Waals surface area contributed by atoms with E-state index >= 15 is 0 Å². The van der Waals surface area contributed by atoms with Crippen molar-refractivity contribution in [2.75, 3.05) is 13.7 Å². The standard InChI is InChI=1S/C13H14ClNO4/c1-19-8-2-3-10-7(4-8)5-9(13(14)15-10)12(18)11(17)6-16/h2-5,11-12,16-18H,6H2,1H3. The van der Waals surface area contributed by atoms with Crippen LogP contribution in [0.25, 0.3) is 10.9 Å². The van der Waals surface area contributed by atoms with Gasteiger partial charge in [-0.05, 0) is 24.3 Å². The molecule has 19 heavy (non-hydrogen) atoms. The molecule has 0 saturated heterocycles. The van der Waals surface area contributed by atoms with Crippen LogP contribution >= 0.6 is 11.6 Å². The summed E-state index contributed by atoms with van der Waals surface area (Å²) in [6.45, 7) is -0.562. The number of ether oxygens (including phenoxy) is 1. The number of aliphatic hydroxyl groups is 3. The Labute approximate surface area is 115 Å². The van der Waals surface area contributed by atoms with Gasteiger partial charge in [-0.25, -0.2) is 4.98 Å². The van der Waals surface area contributed by atoms with Gasteiger partial charge in [0.1, 0.15) is 23.1 Å². The second kappa shape index (κ2) is 5.71. The first-order valence-corrected chi connectivity index (χ1v) is 6.05. The lowest BCUT2D eigenvalue weighted by atomic mass is 10.0.